The van der Waals surface area contributed by atoms with E-state index in [4.69, 9.17) is 4.74 Å². The first kappa shape index (κ1) is 11.7. The first-order chi connectivity index (χ1) is 6.99. The predicted octanol–water partition coefficient (Wildman–Crippen LogP) is -0.175. The van der Waals surface area contributed by atoms with E-state index in [9.17, 15) is 9.59 Å². The summed E-state index contributed by atoms with van der Waals surface area (Å²) < 4.78 is 4.85. The second-order valence-electron chi connectivity index (χ2n) is 3.54. The molecule has 0 bridgehead atoms. The van der Waals surface area contributed by atoms with E-state index < -0.39 is 5.97 Å². The highest BCUT2D eigenvalue weighted by molar-refractivity contribution is 6.22. The van der Waals surface area contributed by atoms with Crippen molar-refractivity contribution in [1.29, 1.82) is 0 Å². The maximum absolute atomic E-state index is 11.6. The molecule has 0 radical (unpaired) electrons. The highest BCUT2D eigenvalue weighted by Crippen LogP contribution is 2.09. The molecule has 0 saturated heterocycles. The zero-order chi connectivity index (χ0) is 11.6. The van der Waals surface area contributed by atoms with Crippen LogP contribution in [0.5, 0.6) is 0 Å². The fourth-order valence-electron chi connectivity index (χ4n) is 1.50. The van der Waals surface area contributed by atoms with Gasteiger partial charge in [-0.3, -0.25) is 9.69 Å². The van der Waals surface area contributed by atoms with E-state index in [0.717, 1.165) is 16.3 Å². The van der Waals surface area contributed by atoms with Gasteiger partial charge in [0.25, 0.3) is 0 Å². The summed E-state index contributed by atoms with van der Waals surface area (Å²) in [6.45, 7) is 5.64. The van der Waals surface area contributed by atoms with Crippen LogP contribution in [-0.4, -0.2) is 25.4 Å². The Morgan fingerprint density at radius 3 is 2.60 bits per heavy atom. The Bertz CT molecular complexity index is 366. The van der Waals surface area contributed by atoms with E-state index in [-0.39, 0.29) is 18.0 Å². The second kappa shape index (κ2) is 4.40. The standard InChI is InChI=1S/C11H15NO3/c1-5-15-11(14)10-8(3)12(4)7(2)6-9(10)13/h6H,5H2,1-4H3/p+1. The van der Waals surface area contributed by atoms with Gasteiger partial charge in [-0.25, -0.2) is 4.79 Å². The number of rotatable bonds is 2. The fourth-order valence-corrected chi connectivity index (χ4v) is 1.50. The number of ketones is 1. The Hall–Kier alpha value is -1.42. The topological polar surface area (TPSA) is 47.8 Å². The van der Waals surface area contributed by atoms with Gasteiger partial charge in [0.05, 0.1) is 13.7 Å². The number of hydrogen-bond donors (Lipinski definition) is 1. The number of allylic oxidation sites excluding steroid dienone is 3. The summed E-state index contributed by atoms with van der Waals surface area (Å²) in [6.07, 6.45) is 1.48. The molecule has 1 unspecified atom stereocenters. The van der Waals surface area contributed by atoms with Crippen LogP contribution < -0.4 is 4.90 Å². The average molecular weight is 210 g/mol. The number of nitrogens with one attached hydrogen (secondary N) is 1. The molecule has 1 heterocycles. The third-order valence-electron chi connectivity index (χ3n) is 2.60. The zero-order valence-electron chi connectivity index (χ0n) is 9.51. The molecule has 1 aliphatic rings. The molecule has 0 aromatic rings. The summed E-state index contributed by atoms with van der Waals surface area (Å²) in [4.78, 5) is 24.1. The molecule has 1 N–H and O–H groups in total. The van der Waals surface area contributed by atoms with E-state index in [0.29, 0.717) is 0 Å². The molecule has 0 aromatic carbocycles. The molecular weight excluding hydrogens is 194 g/mol. The van der Waals surface area contributed by atoms with E-state index >= 15 is 0 Å². The number of quaternary nitrogens is 1. The smallest absolute Gasteiger partial charge is 0.347 e. The van der Waals surface area contributed by atoms with Crippen LogP contribution in [0.25, 0.3) is 0 Å². The van der Waals surface area contributed by atoms with Gasteiger partial charge in [-0.05, 0) is 6.92 Å². The first-order valence-corrected chi connectivity index (χ1v) is 4.94. The molecule has 0 amide bonds. The number of carbonyl (C=O) groups is 2. The monoisotopic (exact) mass is 210 g/mol. The summed E-state index contributed by atoms with van der Waals surface area (Å²) in [5.74, 6) is -0.780. The van der Waals surface area contributed by atoms with Crippen LogP contribution in [0.15, 0.2) is 23.0 Å². The third-order valence-corrected chi connectivity index (χ3v) is 2.60. The molecule has 82 valence electrons. The Balaban J connectivity index is 3.06. The lowest BCUT2D eigenvalue weighted by atomic mass is 10.0. The van der Waals surface area contributed by atoms with Crippen molar-refractivity contribution in [3.63, 3.8) is 0 Å². The molecule has 1 aliphatic heterocycles. The van der Waals surface area contributed by atoms with Crippen molar-refractivity contribution >= 4 is 11.8 Å². The molecule has 1 atom stereocenters. The van der Waals surface area contributed by atoms with Gasteiger partial charge in [-0.1, -0.05) is 0 Å². The SMILES string of the molecule is CCOC(=O)C1=C(C)[NH+](C)C(C)=CC1=O. The van der Waals surface area contributed by atoms with Crippen LogP contribution in [-0.2, 0) is 14.3 Å². The summed E-state index contributed by atoms with van der Waals surface area (Å²) in [6, 6.07) is 0. The summed E-state index contributed by atoms with van der Waals surface area (Å²) in [5, 5.41) is 0. The van der Waals surface area contributed by atoms with Gasteiger partial charge < -0.3 is 4.74 Å². The summed E-state index contributed by atoms with van der Waals surface area (Å²) in [5.41, 5.74) is 1.80. The van der Waals surface area contributed by atoms with Gasteiger partial charge in [0, 0.05) is 19.9 Å². The Labute approximate surface area is 89.2 Å². The van der Waals surface area contributed by atoms with Gasteiger partial charge in [0.2, 0.25) is 5.78 Å². The minimum absolute atomic E-state index is 0.167. The predicted molar refractivity (Wildman–Crippen MR) is 55.0 cm³/mol. The lowest BCUT2D eigenvalue weighted by molar-refractivity contribution is -0.797. The molecule has 4 heteroatoms. The molecule has 0 aromatic heterocycles. The van der Waals surface area contributed by atoms with Crippen LogP contribution in [0.4, 0.5) is 0 Å². The lowest BCUT2D eigenvalue weighted by Gasteiger charge is -2.20. The van der Waals surface area contributed by atoms with E-state index in [1.807, 2.05) is 14.0 Å². The minimum Gasteiger partial charge on any atom is -0.462 e. The van der Waals surface area contributed by atoms with Crippen LogP contribution in [0.1, 0.15) is 20.8 Å². The summed E-state index contributed by atoms with van der Waals surface area (Å²) in [7, 11) is 1.90. The van der Waals surface area contributed by atoms with Crippen molar-refractivity contribution in [2.45, 2.75) is 20.8 Å². The van der Waals surface area contributed by atoms with Crippen LogP contribution in [0, 0.1) is 0 Å². The number of hydrogen-bond acceptors (Lipinski definition) is 3. The molecule has 0 saturated carbocycles. The number of ether oxygens (including phenoxy) is 1. The Morgan fingerprint density at radius 1 is 1.47 bits per heavy atom. The fraction of sp³-hybridized carbons (Fsp3) is 0.455. The van der Waals surface area contributed by atoms with Crippen molar-refractivity contribution in [1.82, 2.24) is 0 Å². The van der Waals surface area contributed by atoms with Crippen molar-refractivity contribution in [3.05, 3.63) is 23.0 Å². The maximum Gasteiger partial charge on any atom is 0.347 e. The maximum atomic E-state index is 11.6. The lowest BCUT2D eigenvalue weighted by Crippen LogP contribution is -3.05. The largest absolute Gasteiger partial charge is 0.462 e. The van der Waals surface area contributed by atoms with Crippen LogP contribution in [0.2, 0.25) is 0 Å². The van der Waals surface area contributed by atoms with Gasteiger partial charge in [-0.2, -0.15) is 0 Å². The first-order valence-electron chi connectivity index (χ1n) is 4.94. The van der Waals surface area contributed by atoms with Gasteiger partial charge >= 0.3 is 5.97 Å². The van der Waals surface area contributed by atoms with Gasteiger partial charge in [0.1, 0.15) is 11.4 Å². The highest BCUT2D eigenvalue weighted by atomic mass is 16.5. The molecule has 0 spiro atoms. The van der Waals surface area contributed by atoms with E-state index in [2.05, 4.69) is 0 Å². The molecule has 0 aliphatic carbocycles. The minimum atomic E-state index is -0.525. The highest BCUT2D eigenvalue weighted by Gasteiger charge is 2.31. The summed E-state index contributed by atoms with van der Waals surface area (Å²) >= 11 is 0. The number of carbonyl (C=O) groups excluding carboxylic acids is 2. The Morgan fingerprint density at radius 2 is 2.07 bits per heavy atom. The van der Waals surface area contributed by atoms with Crippen molar-refractivity contribution in [3.8, 4) is 0 Å². The zero-order valence-corrected chi connectivity index (χ0v) is 9.51. The second-order valence-corrected chi connectivity index (χ2v) is 3.54. The molecule has 1 rings (SSSR count). The molecule has 15 heavy (non-hydrogen) atoms. The molecular formula is C11H16NO3+. The quantitative estimate of drug-likeness (QED) is 0.508. The van der Waals surface area contributed by atoms with Crippen molar-refractivity contribution in [2.24, 2.45) is 0 Å². The molecule has 0 fully saturated rings. The van der Waals surface area contributed by atoms with Gasteiger partial charge in [0.15, 0.2) is 5.57 Å². The van der Waals surface area contributed by atoms with Crippen molar-refractivity contribution < 1.29 is 19.2 Å². The van der Waals surface area contributed by atoms with E-state index in [1.165, 1.54) is 6.08 Å². The molecule has 4 nitrogen and oxygen atoms in total. The van der Waals surface area contributed by atoms with Gasteiger partial charge in [-0.15, -0.1) is 0 Å². The van der Waals surface area contributed by atoms with Crippen LogP contribution >= 0.6 is 0 Å². The Kier molecular flexibility index (Phi) is 3.42. The third kappa shape index (κ3) is 2.15. The van der Waals surface area contributed by atoms with Crippen LogP contribution in [0.3, 0.4) is 0 Å². The normalized spacial score (nSPS) is 21.5. The van der Waals surface area contributed by atoms with E-state index in [1.54, 1.807) is 13.8 Å². The number of esters is 1. The van der Waals surface area contributed by atoms with Crippen molar-refractivity contribution in [2.75, 3.05) is 13.7 Å². The average Bonchev–Trinajstić information content (AvgIpc) is 2.15.